The van der Waals surface area contributed by atoms with Crippen LogP contribution < -0.4 is 10.1 Å². The van der Waals surface area contributed by atoms with E-state index in [1.54, 1.807) is 25.4 Å². The lowest BCUT2D eigenvalue weighted by Gasteiger charge is -2.13. The maximum absolute atomic E-state index is 8.83. The number of nitriles is 1. The molecule has 0 radical (unpaired) electrons. The van der Waals surface area contributed by atoms with Crippen molar-refractivity contribution in [3.05, 3.63) is 52.3 Å². The van der Waals surface area contributed by atoms with Crippen LogP contribution in [0.4, 0.5) is 5.69 Å². The van der Waals surface area contributed by atoms with E-state index in [0.29, 0.717) is 23.0 Å². The molecule has 0 saturated carbocycles. The van der Waals surface area contributed by atoms with Crippen LogP contribution in [0.25, 0.3) is 0 Å². The van der Waals surface area contributed by atoms with Crippen LogP contribution in [0.2, 0.25) is 5.02 Å². The Balaban J connectivity index is 2.18. The molecule has 2 aromatic rings. The summed E-state index contributed by atoms with van der Waals surface area (Å²) < 4.78 is 5.30. The van der Waals surface area contributed by atoms with Gasteiger partial charge in [-0.15, -0.1) is 0 Å². The van der Waals surface area contributed by atoms with Crippen molar-refractivity contribution >= 4 is 17.3 Å². The Hall–Kier alpha value is -2.25. The molecule has 0 amide bonds. The van der Waals surface area contributed by atoms with E-state index in [0.717, 1.165) is 16.8 Å². The van der Waals surface area contributed by atoms with E-state index in [1.165, 1.54) is 0 Å². The van der Waals surface area contributed by atoms with E-state index in [2.05, 4.69) is 10.3 Å². The molecule has 1 aromatic heterocycles. The maximum Gasteiger partial charge on any atom is 0.143 e. The molecule has 20 heavy (non-hydrogen) atoms. The summed E-state index contributed by atoms with van der Waals surface area (Å²) in [5.74, 6) is 0.690. The topological polar surface area (TPSA) is 57.9 Å². The van der Waals surface area contributed by atoms with Crippen molar-refractivity contribution in [2.45, 2.75) is 13.5 Å². The van der Waals surface area contributed by atoms with Crippen molar-refractivity contribution in [3.63, 3.8) is 0 Å². The fourth-order valence-electron chi connectivity index (χ4n) is 1.81. The monoisotopic (exact) mass is 287 g/mol. The highest BCUT2D eigenvalue weighted by atomic mass is 35.5. The molecule has 0 bridgehead atoms. The first-order chi connectivity index (χ1) is 9.63. The number of pyridine rings is 1. The Morgan fingerprint density at radius 1 is 1.40 bits per heavy atom. The van der Waals surface area contributed by atoms with E-state index in [-0.39, 0.29) is 0 Å². The number of anilines is 1. The van der Waals surface area contributed by atoms with Crippen LogP contribution in [0, 0.1) is 18.3 Å². The highest BCUT2D eigenvalue weighted by Crippen LogP contribution is 2.31. The lowest BCUT2D eigenvalue weighted by molar-refractivity contribution is 0.416. The zero-order valence-electron chi connectivity index (χ0n) is 11.3. The molecule has 1 heterocycles. The summed E-state index contributed by atoms with van der Waals surface area (Å²) in [6.07, 6.45) is 1.62. The van der Waals surface area contributed by atoms with Gasteiger partial charge in [0.2, 0.25) is 0 Å². The van der Waals surface area contributed by atoms with Gasteiger partial charge in [-0.1, -0.05) is 11.6 Å². The molecule has 0 fully saturated rings. The van der Waals surface area contributed by atoms with Gasteiger partial charge in [-0.05, 0) is 36.2 Å². The van der Waals surface area contributed by atoms with Crippen LogP contribution >= 0.6 is 11.6 Å². The van der Waals surface area contributed by atoms with Crippen LogP contribution in [-0.4, -0.2) is 12.1 Å². The lowest BCUT2D eigenvalue weighted by Crippen LogP contribution is -2.02. The first-order valence-corrected chi connectivity index (χ1v) is 6.45. The molecular weight excluding hydrogens is 274 g/mol. The Morgan fingerprint density at radius 3 is 2.90 bits per heavy atom. The van der Waals surface area contributed by atoms with E-state index in [4.69, 9.17) is 21.6 Å². The van der Waals surface area contributed by atoms with Gasteiger partial charge in [-0.25, -0.2) is 4.98 Å². The molecule has 1 N–H and O–H groups in total. The van der Waals surface area contributed by atoms with E-state index >= 15 is 0 Å². The summed E-state index contributed by atoms with van der Waals surface area (Å²) >= 11 is 6.07. The number of benzene rings is 1. The van der Waals surface area contributed by atoms with Crippen molar-refractivity contribution in [1.29, 1.82) is 5.26 Å². The number of aryl methyl sites for hydroxylation is 1. The second-order valence-electron chi connectivity index (χ2n) is 4.32. The van der Waals surface area contributed by atoms with Crippen molar-refractivity contribution < 1.29 is 4.74 Å². The van der Waals surface area contributed by atoms with Crippen LogP contribution in [0.1, 0.15) is 16.8 Å². The first kappa shape index (κ1) is 14.2. The van der Waals surface area contributed by atoms with Crippen molar-refractivity contribution in [1.82, 2.24) is 4.98 Å². The normalized spacial score (nSPS) is 9.90. The molecule has 0 spiro atoms. The summed E-state index contributed by atoms with van der Waals surface area (Å²) in [5, 5.41) is 12.8. The molecule has 0 aliphatic carbocycles. The lowest BCUT2D eigenvalue weighted by atomic mass is 10.2. The summed E-state index contributed by atoms with van der Waals surface area (Å²) in [6.45, 7) is 2.52. The Morgan fingerprint density at radius 2 is 2.20 bits per heavy atom. The van der Waals surface area contributed by atoms with Gasteiger partial charge in [0.1, 0.15) is 17.5 Å². The summed E-state index contributed by atoms with van der Waals surface area (Å²) in [4.78, 5) is 3.94. The molecular formula is C15H14ClN3O. The van der Waals surface area contributed by atoms with Gasteiger partial charge in [0.15, 0.2) is 0 Å². The third-order valence-electron chi connectivity index (χ3n) is 2.90. The molecule has 2 rings (SSSR count). The third-order valence-corrected chi connectivity index (χ3v) is 3.31. The smallest absolute Gasteiger partial charge is 0.143 e. The van der Waals surface area contributed by atoms with Crippen LogP contribution in [0.5, 0.6) is 5.75 Å². The molecule has 1 aromatic carbocycles. The molecule has 4 nitrogen and oxygen atoms in total. The number of rotatable bonds is 4. The zero-order chi connectivity index (χ0) is 14.5. The average molecular weight is 288 g/mol. The average Bonchev–Trinajstić information content (AvgIpc) is 2.48. The minimum absolute atomic E-state index is 0.406. The summed E-state index contributed by atoms with van der Waals surface area (Å²) in [7, 11) is 1.60. The fraction of sp³-hybridized carbons (Fsp3) is 0.200. The van der Waals surface area contributed by atoms with Crippen molar-refractivity contribution in [2.75, 3.05) is 12.4 Å². The SMILES string of the molecule is COc1cc(Cl)c(C)cc1NCc1ccnc(C#N)c1. The maximum atomic E-state index is 8.83. The Kier molecular flexibility index (Phi) is 4.44. The first-order valence-electron chi connectivity index (χ1n) is 6.07. The van der Waals surface area contributed by atoms with Crippen molar-refractivity contribution in [2.24, 2.45) is 0 Å². The number of nitrogens with zero attached hydrogens (tertiary/aromatic N) is 2. The molecule has 0 aliphatic rings. The van der Waals surface area contributed by atoms with Gasteiger partial charge in [0, 0.05) is 23.8 Å². The second-order valence-corrected chi connectivity index (χ2v) is 4.72. The fourth-order valence-corrected chi connectivity index (χ4v) is 1.97. The van der Waals surface area contributed by atoms with Crippen LogP contribution in [0.15, 0.2) is 30.5 Å². The van der Waals surface area contributed by atoms with E-state index in [9.17, 15) is 0 Å². The Bertz CT molecular complexity index is 665. The standard InChI is InChI=1S/C15H14ClN3O/c1-10-5-14(15(20-2)7-13(10)16)19-9-11-3-4-18-12(6-11)8-17/h3-7,19H,9H2,1-2H3. The summed E-state index contributed by atoms with van der Waals surface area (Å²) in [5.41, 5.74) is 3.22. The predicted molar refractivity (Wildman–Crippen MR) is 79.0 cm³/mol. The highest BCUT2D eigenvalue weighted by Gasteiger charge is 2.07. The molecule has 0 atom stereocenters. The third kappa shape index (κ3) is 3.19. The highest BCUT2D eigenvalue weighted by molar-refractivity contribution is 6.31. The molecule has 102 valence electrons. The number of aromatic nitrogens is 1. The van der Waals surface area contributed by atoms with E-state index in [1.807, 2.05) is 25.1 Å². The van der Waals surface area contributed by atoms with Gasteiger partial charge in [-0.2, -0.15) is 5.26 Å². The van der Waals surface area contributed by atoms with Crippen molar-refractivity contribution in [3.8, 4) is 11.8 Å². The molecule has 0 aliphatic heterocycles. The number of methoxy groups -OCH3 is 1. The number of ether oxygens (including phenoxy) is 1. The minimum Gasteiger partial charge on any atom is -0.495 e. The second kappa shape index (κ2) is 6.27. The Labute approximate surface area is 123 Å². The predicted octanol–water partition coefficient (Wildman–Crippen LogP) is 3.54. The number of nitrogens with one attached hydrogen (secondary N) is 1. The van der Waals surface area contributed by atoms with Crippen LogP contribution in [-0.2, 0) is 6.54 Å². The van der Waals surface area contributed by atoms with Gasteiger partial charge in [0.05, 0.1) is 12.8 Å². The summed E-state index contributed by atoms with van der Waals surface area (Å²) in [6, 6.07) is 9.36. The van der Waals surface area contributed by atoms with E-state index < -0.39 is 0 Å². The molecule has 5 heteroatoms. The van der Waals surface area contributed by atoms with Gasteiger partial charge in [0.25, 0.3) is 0 Å². The van der Waals surface area contributed by atoms with Gasteiger partial charge >= 0.3 is 0 Å². The minimum atomic E-state index is 0.406. The number of halogens is 1. The van der Waals surface area contributed by atoms with Gasteiger partial charge in [-0.3, -0.25) is 0 Å². The van der Waals surface area contributed by atoms with Crippen LogP contribution in [0.3, 0.4) is 0 Å². The quantitative estimate of drug-likeness (QED) is 0.934. The molecule has 0 unspecified atom stereocenters. The number of hydrogen-bond donors (Lipinski definition) is 1. The van der Waals surface area contributed by atoms with Gasteiger partial charge < -0.3 is 10.1 Å². The zero-order valence-corrected chi connectivity index (χ0v) is 12.0. The molecule has 0 saturated heterocycles. The number of hydrogen-bond acceptors (Lipinski definition) is 4. The largest absolute Gasteiger partial charge is 0.495 e.